The zero-order chi connectivity index (χ0) is 23.6. The average molecular weight is 464 g/mol. The predicted octanol–water partition coefficient (Wildman–Crippen LogP) is 4.86. The van der Waals surface area contributed by atoms with Gasteiger partial charge in [0, 0.05) is 11.3 Å². The second-order valence-corrected chi connectivity index (χ2v) is 7.23. The van der Waals surface area contributed by atoms with Gasteiger partial charge in [0.15, 0.2) is 5.11 Å². The highest BCUT2D eigenvalue weighted by Gasteiger charge is 2.14. The lowest BCUT2D eigenvalue weighted by Crippen LogP contribution is -2.34. The molecule has 0 bridgehead atoms. The van der Waals surface area contributed by atoms with Crippen LogP contribution in [-0.4, -0.2) is 30.1 Å². The van der Waals surface area contributed by atoms with E-state index in [-0.39, 0.29) is 16.9 Å². The van der Waals surface area contributed by atoms with E-state index in [4.69, 9.17) is 21.7 Å². The third-order valence-corrected chi connectivity index (χ3v) is 4.70. The Bertz CT molecular complexity index is 1120. The summed E-state index contributed by atoms with van der Waals surface area (Å²) in [6.45, 7) is 4.91. The van der Waals surface area contributed by atoms with Gasteiger partial charge in [-0.1, -0.05) is 12.1 Å². The van der Waals surface area contributed by atoms with Gasteiger partial charge in [-0.3, -0.25) is 14.9 Å². The summed E-state index contributed by atoms with van der Waals surface area (Å²) < 4.78 is 10.8. The van der Waals surface area contributed by atoms with Crippen LogP contribution < -0.4 is 25.4 Å². The average Bonchev–Trinajstić information content (AvgIpc) is 2.81. The molecule has 3 rings (SSSR count). The van der Waals surface area contributed by atoms with Crippen molar-refractivity contribution in [1.29, 1.82) is 0 Å². The predicted molar refractivity (Wildman–Crippen MR) is 133 cm³/mol. The summed E-state index contributed by atoms with van der Waals surface area (Å²) in [5.74, 6) is 0.725. The minimum absolute atomic E-state index is 0.0789. The van der Waals surface area contributed by atoms with Crippen LogP contribution in [0.15, 0.2) is 72.8 Å². The highest BCUT2D eigenvalue weighted by atomic mass is 32.1. The zero-order valence-corrected chi connectivity index (χ0v) is 19.2. The number of ether oxygens (including phenoxy) is 2. The second-order valence-electron chi connectivity index (χ2n) is 6.82. The second kappa shape index (κ2) is 11.6. The third-order valence-electron chi connectivity index (χ3n) is 4.50. The van der Waals surface area contributed by atoms with Crippen LogP contribution in [0.3, 0.4) is 0 Å². The van der Waals surface area contributed by atoms with Gasteiger partial charge in [-0.15, -0.1) is 0 Å². The number of amides is 2. The summed E-state index contributed by atoms with van der Waals surface area (Å²) in [5, 5.41) is 8.48. The van der Waals surface area contributed by atoms with Gasteiger partial charge in [0.1, 0.15) is 11.5 Å². The summed E-state index contributed by atoms with van der Waals surface area (Å²) >= 11 is 5.28. The highest BCUT2D eigenvalue weighted by Crippen LogP contribution is 2.20. The molecule has 3 aromatic carbocycles. The van der Waals surface area contributed by atoms with Crippen LogP contribution in [-0.2, 0) is 0 Å². The summed E-state index contributed by atoms with van der Waals surface area (Å²) in [7, 11) is 0. The Kier molecular flexibility index (Phi) is 8.37. The first kappa shape index (κ1) is 23.7. The number of hydrogen-bond donors (Lipinski definition) is 3. The number of carbonyl (C=O) groups is 2. The fraction of sp³-hybridized carbons (Fsp3) is 0.160. The van der Waals surface area contributed by atoms with Crippen molar-refractivity contribution in [1.82, 2.24) is 5.32 Å². The van der Waals surface area contributed by atoms with Crippen molar-refractivity contribution < 1.29 is 19.1 Å². The number of hydrogen-bond acceptors (Lipinski definition) is 5. The Labute approximate surface area is 198 Å². The van der Waals surface area contributed by atoms with E-state index in [1.54, 1.807) is 72.8 Å². The standard InChI is InChI=1S/C25H25N3O4S/c1-3-31-19-13-9-17(10-14-19)23(29)28-25(33)27-22-8-6-5-7-21(22)24(30)26-18-11-15-20(16-12-18)32-4-2/h5-16H,3-4H2,1-2H3,(H,26,30)(H2,27,28,29,33). The van der Waals surface area contributed by atoms with Gasteiger partial charge < -0.3 is 20.1 Å². The van der Waals surface area contributed by atoms with Crippen LogP contribution in [0.1, 0.15) is 34.6 Å². The fourth-order valence-corrected chi connectivity index (χ4v) is 3.19. The Hall–Kier alpha value is -3.91. The Morgan fingerprint density at radius 2 is 1.33 bits per heavy atom. The molecule has 0 heterocycles. The molecule has 0 aromatic heterocycles. The molecule has 3 N–H and O–H groups in total. The first-order valence-electron chi connectivity index (χ1n) is 10.5. The van der Waals surface area contributed by atoms with Crippen molar-refractivity contribution in [2.45, 2.75) is 13.8 Å². The maximum atomic E-state index is 12.8. The van der Waals surface area contributed by atoms with Crippen LogP contribution in [0.25, 0.3) is 0 Å². The minimum Gasteiger partial charge on any atom is -0.494 e. The van der Waals surface area contributed by atoms with E-state index >= 15 is 0 Å². The van der Waals surface area contributed by atoms with Crippen LogP contribution in [0.4, 0.5) is 11.4 Å². The van der Waals surface area contributed by atoms with Crippen molar-refractivity contribution in [3.05, 3.63) is 83.9 Å². The molecule has 0 fully saturated rings. The van der Waals surface area contributed by atoms with Gasteiger partial charge in [0.2, 0.25) is 0 Å². The van der Waals surface area contributed by atoms with Crippen LogP contribution >= 0.6 is 12.2 Å². The number of anilines is 2. The molecule has 170 valence electrons. The maximum absolute atomic E-state index is 12.8. The molecule has 0 radical (unpaired) electrons. The van der Waals surface area contributed by atoms with Gasteiger partial charge in [0.25, 0.3) is 11.8 Å². The van der Waals surface area contributed by atoms with Crippen molar-refractivity contribution in [3.8, 4) is 11.5 Å². The van der Waals surface area contributed by atoms with Gasteiger partial charge in [0.05, 0.1) is 24.5 Å². The molecule has 2 amide bonds. The van der Waals surface area contributed by atoms with Crippen LogP contribution in [0.5, 0.6) is 11.5 Å². The molecule has 0 aliphatic carbocycles. The number of nitrogens with one attached hydrogen (secondary N) is 3. The van der Waals surface area contributed by atoms with Crippen LogP contribution in [0.2, 0.25) is 0 Å². The summed E-state index contributed by atoms with van der Waals surface area (Å²) in [5.41, 5.74) is 1.91. The molecule has 7 nitrogen and oxygen atoms in total. The lowest BCUT2D eigenvalue weighted by molar-refractivity contribution is 0.0976. The SMILES string of the molecule is CCOc1ccc(NC(=O)c2ccccc2NC(=S)NC(=O)c2ccc(OCC)cc2)cc1. The number of carbonyl (C=O) groups excluding carboxylic acids is 2. The highest BCUT2D eigenvalue weighted by molar-refractivity contribution is 7.80. The normalized spacial score (nSPS) is 10.1. The quantitative estimate of drug-likeness (QED) is 0.414. The summed E-state index contributed by atoms with van der Waals surface area (Å²) in [6, 6.07) is 20.7. The number of benzene rings is 3. The molecule has 0 atom stereocenters. The van der Waals surface area contributed by atoms with Crippen molar-refractivity contribution in [2.75, 3.05) is 23.8 Å². The van der Waals surface area contributed by atoms with E-state index in [1.807, 2.05) is 13.8 Å². The largest absolute Gasteiger partial charge is 0.494 e. The van der Waals surface area contributed by atoms with Crippen LogP contribution in [0, 0.1) is 0 Å². The lowest BCUT2D eigenvalue weighted by Gasteiger charge is -2.14. The van der Waals surface area contributed by atoms with Crippen molar-refractivity contribution in [2.24, 2.45) is 0 Å². The number of para-hydroxylation sites is 1. The van der Waals surface area contributed by atoms with Gasteiger partial charge in [-0.2, -0.15) is 0 Å². The van der Waals surface area contributed by atoms with E-state index in [1.165, 1.54) is 0 Å². The monoisotopic (exact) mass is 463 g/mol. The first-order chi connectivity index (χ1) is 16.0. The van der Waals surface area contributed by atoms with E-state index in [9.17, 15) is 9.59 Å². The molecule has 0 saturated heterocycles. The summed E-state index contributed by atoms with van der Waals surface area (Å²) in [6.07, 6.45) is 0. The van der Waals surface area contributed by atoms with E-state index in [0.717, 1.165) is 5.75 Å². The molecule has 0 unspecified atom stereocenters. The van der Waals surface area contributed by atoms with Gasteiger partial charge in [-0.25, -0.2) is 0 Å². The smallest absolute Gasteiger partial charge is 0.257 e. The summed E-state index contributed by atoms with van der Waals surface area (Å²) in [4.78, 5) is 25.3. The molecule has 0 aliphatic rings. The van der Waals surface area contributed by atoms with Crippen molar-refractivity contribution >= 4 is 40.5 Å². The van der Waals surface area contributed by atoms with E-state index in [0.29, 0.717) is 41.5 Å². The molecule has 3 aromatic rings. The van der Waals surface area contributed by atoms with Crippen molar-refractivity contribution in [3.63, 3.8) is 0 Å². The van der Waals surface area contributed by atoms with E-state index in [2.05, 4.69) is 16.0 Å². The molecule has 0 spiro atoms. The van der Waals surface area contributed by atoms with Gasteiger partial charge >= 0.3 is 0 Å². The lowest BCUT2D eigenvalue weighted by atomic mass is 10.1. The molecule has 0 saturated carbocycles. The Morgan fingerprint density at radius 1 is 0.758 bits per heavy atom. The first-order valence-corrected chi connectivity index (χ1v) is 10.9. The Balaban J connectivity index is 1.63. The number of thiocarbonyl (C=S) groups is 1. The minimum atomic E-state index is -0.369. The van der Waals surface area contributed by atoms with Gasteiger partial charge in [-0.05, 0) is 86.7 Å². The fourth-order valence-electron chi connectivity index (χ4n) is 2.99. The molecule has 0 aliphatic heterocycles. The third kappa shape index (κ3) is 6.78. The maximum Gasteiger partial charge on any atom is 0.257 e. The molecular weight excluding hydrogens is 438 g/mol. The molecular formula is C25H25N3O4S. The Morgan fingerprint density at radius 3 is 1.94 bits per heavy atom. The molecule has 33 heavy (non-hydrogen) atoms. The zero-order valence-electron chi connectivity index (χ0n) is 18.4. The topological polar surface area (TPSA) is 88.7 Å². The molecule has 8 heteroatoms. The number of rotatable bonds is 8. The van der Waals surface area contributed by atoms with E-state index < -0.39 is 0 Å².